The molecule has 72 valence electrons. The molecule has 0 unspecified atom stereocenters. The summed E-state index contributed by atoms with van der Waals surface area (Å²) in [5.74, 6) is 0.124. The zero-order chi connectivity index (χ0) is 10.3. The number of benzene rings is 1. The molecular weight excluding hydrogens is 316 g/mol. The predicted octanol–water partition coefficient (Wildman–Crippen LogP) is 3.02. The van der Waals surface area contributed by atoms with Gasteiger partial charge in [-0.15, -0.1) is 0 Å². The minimum atomic E-state index is -0.449. The molecule has 0 fully saturated rings. The van der Waals surface area contributed by atoms with Crippen LogP contribution in [0.25, 0.3) is 11.0 Å². The lowest BCUT2D eigenvalue weighted by molar-refractivity contribution is 0.475. The van der Waals surface area contributed by atoms with E-state index in [1.54, 1.807) is 6.07 Å². The van der Waals surface area contributed by atoms with E-state index in [4.69, 9.17) is 4.42 Å². The van der Waals surface area contributed by atoms with Gasteiger partial charge < -0.3 is 9.52 Å². The number of fused-ring (bicyclic) bond motifs is 1. The summed E-state index contributed by atoms with van der Waals surface area (Å²) >= 11 is 6.34. The summed E-state index contributed by atoms with van der Waals surface area (Å²) in [6, 6.07) is 4.53. The molecule has 0 aliphatic heterocycles. The van der Waals surface area contributed by atoms with E-state index in [-0.39, 0.29) is 5.75 Å². The molecule has 1 heterocycles. The first-order chi connectivity index (χ1) is 6.59. The number of phenolic OH excluding ortho intramolecular Hbond substituents is 1. The molecule has 0 saturated heterocycles. The van der Waals surface area contributed by atoms with Crippen LogP contribution in [0.1, 0.15) is 0 Å². The molecule has 0 atom stereocenters. The summed E-state index contributed by atoms with van der Waals surface area (Å²) in [5.41, 5.74) is -0.0158. The fraction of sp³-hybridized carbons (Fsp3) is 0. The standard InChI is InChI=1S/C9H4Br2O3/c10-7-5-3-4(12)1-2-6(5)14-9(13)8(7)11/h1-3,12H. The zero-order valence-electron chi connectivity index (χ0n) is 6.75. The second kappa shape index (κ2) is 3.40. The first-order valence-corrected chi connectivity index (χ1v) is 5.29. The Morgan fingerprint density at radius 3 is 2.64 bits per heavy atom. The van der Waals surface area contributed by atoms with Crippen LogP contribution in [-0.4, -0.2) is 5.11 Å². The highest BCUT2D eigenvalue weighted by atomic mass is 79.9. The van der Waals surface area contributed by atoms with Crippen molar-refractivity contribution in [2.75, 3.05) is 0 Å². The van der Waals surface area contributed by atoms with E-state index in [0.29, 0.717) is 19.9 Å². The monoisotopic (exact) mass is 318 g/mol. The van der Waals surface area contributed by atoms with Crippen LogP contribution in [0.3, 0.4) is 0 Å². The second-order valence-electron chi connectivity index (χ2n) is 2.70. The Balaban J connectivity index is 2.99. The van der Waals surface area contributed by atoms with Crippen LogP contribution in [-0.2, 0) is 0 Å². The summed E-state index contributed by atoms with van der Waals surface area (Å²) < 4.78 is 5.88. The van der Waals surface area contributed by atoms with E-state index in [1.807, 2.05) is 0 Å². The molecule has 5 heteroatoms. The van der Waals surface area contributed by atoms with Crippen molar-refractivity contribution >= 4 is 42.8 Å². The van der Waals surface area contributed by atoms with Crippen LogP contribution < -0.4 is 5.63 Å². The SMILES string of the molecule is O=c1oc2ccc(O)cc2c(Br)c1Br. The average molecular weight is 320 g/mol. The van der Waals surface area contributed by atoms with Crippen LogP contribution >= 0.6 is 31.9 Å². The lowest BCUT2D eigenvalue weighted by Crippen LogP contribution is -2.00. The van der Waals surface area contributed by atoms with E-state index < -0.39 is 5.63 Å². The lowest BCUT2D eigenvalue weighted by Gasteiger charge is -2.01. The fourth-order valence-corrected chi connectivity index (χ4v) is 1.90. The topological polar surface area (TPSA) is 50.4 Å². The van der Waals surface area contributed by atoms with Crippen molar-refractivity contribution in [1.82, 2.24) is 0 Å². The molecule has 1 N–H and O–H groups in total. The van der Waals surface area contributed by atoms with Gasteiger partial charge in [-0.3, -0.25) is 0 Å². The molecule has 14 heavy (non-hydrogen) atoms. The molecule has 0 spiro atoms. The molecule has 2 aromatic rings. The smallest absolute Gasteiger partial charge is 0.351 e. The molecule has 0 bridgehead atoms. The Morgan fingerprint density at radius 1 is 1.21 bits per heavy atom. The summed E-state index contributed by atoms with van der Waals surface area (Å²) in [7, 11) is 0. The van der Waals surface area contributed by atoms with Gasteiger partial charge in [-0.1, -0.05) is 0 Å². The van der Waals surface area contributed by atoms with Crippen LogP contribution in [0.5, 0.6) is 5.75 Å². The summed E-state index contributed by atoms with van der Waals surface area (Å²) in [4.78, 5) is 11.2. The van der Waals surface area contributed by atoms with E-state index >= 15 is 0 Å². The summed E-state index contributed by atoms with van der Waals surface area (Å²) in [6.07, 6.45) is 0. The maximum Gasteiger partial charge on any atom is 0.351 e. The number of phenols is 1. The third-order valence-electron chi connectivity index (χ3n) is 1.77. The van der Waals surface area contributed by atoms with Gasteiger partial charge in [0.2, 0.25) is 0 Å². The Hall–Kier alpha value is -0.810. The maximum absolute atomic E-state index is 11.2. The highest BCUT2D eigenvalue weighted by Crippen LogP contribution is 2.30. The van der Waals surface area contributed by atoms with Crippen LogP contribution in [0.4, 0.5) is 0 Å². The number of halogens is 2. The molecular formula is C9H4Br2O3. The number of aromatic hydroxyl groups is 1. The molecule has 3 nitrogen and oxygen atoms in total. The van der Waals surface area contributed by atoms with Crippen molar-refractivity contribution in [3.05, 3.63) is 37.6 Å². The van der Waals surface area contributed by atoms with Gasteiger partial charge in [0.1, 0.15) is 15.8 Å². The Morgan fingerprint density at radius 2 is 1.93 bits per heavy atom. The van der Waals surface area contributed by atoms with Gasteiger partial charge in [-0.25, -0.2) is 4.79 Å². The van der Waals surface area contributed by atoms with Gasteiger partial charge in [-0.05, 0) is 50.1 Å². The first-order valence-electron chi connectivity index (χ1n) is 3.70. The van der Waals surface area contributed by atoms with Crippen molar-refractivity contribution in [3.63, 3.8) is 0 Å². The number of hydrogen-bond acceptors (Lipinski definition) is 3. The second-order valence-corrected chi connectivity index (χ2v) is 4.28. The molecule has 0 amide bonds. The molecule has 0 aliphatic rings. The van der Waals surface area contributed by atoms with E-state index in [1.165, 1.54) is 12.1 Å². The largest absolute Gasteiger partial charge is 0.508 e. The summed E-state index contributed by atoms with van der Waals surface area (Å²) in [6.45, 7) is 0. The Labute approximate surface area is 95.6 Å². The van der Waals surface area contributed by atoms with E-state index in [0.717, 1.165) is 0 Å². The maximum atomic E-state index is 11.2. The van der Waals surface area contributed by atoms with Crippen molar-refractivity contribution in [3.8, 4) is 5.75 Å². The van der Waals surface area contributed by atoms with Crippen molar-refractivity contribution < 1.29 is 9.52 Å². The lowest BCUT2D eigenvalue weighted by atomic mass is 10.2. The molecule has 2 rings (SSSR count). The molecule has 0 aliphatic carbocycles. The zero-order valence-corrected chi connectivity index (χ0v) is 9.92. The van der Waals surface area contributed by atoms with Crippen LogP contribution in [0.15, 0.2) is 36.4 Å². The van der Waals surface area contributed by atoms with E-state index in [9.17, 15) is 9.90 Å². The highest BCUT2D eigenvalue weighted by Gasteiger charge is 2.09. The van der Waals surface area contributed by atoms with Gasteiger partial charge in [0, 0.05) is 5.39 Å². The van der Waals surface area contributed by atoms with Gasteiger partial charge in [-0.2, -0.15) is 0 Å². The molecule has 0 saturated carbocycles. The van der Waals surface area contributed by atoms with Gasteiger partial charge in [0.25, 0.3) is 0 Å². The highest BCUT2D eigenvalue weighted by molar-refractivity contribution is 9.13. The normalized spacial score (nSPS) is 10.7. The average Bonchev–Trinajstić information content (AvgIpc) is 2.16. The Bertz CT molecular complexity index is 560. The first kappa shape index (κ1) is 9.73. The minimum absolute atomic E-state index is 0.124. The van der Waals surface area contributed by atoms with Crippen LogP contribution in [0.2, 0.25) is 0 Å². The third-order valence-corrected chi connectivity index (χ3v) is 3.85. The van der Waals surface area contributed by atoms with Gasteiger partial charge >= 0.3 is 5.63 Å². The molecule has 1 aromatic carbocycles. The fourth-order valence-electron chi connectivity index (χ4n) is 1.13. The van der Waals surface area contributed by atoms with E-state index in [2.05, 4.69) is 31.9 Å². The minimum Gasteiger partial charge on any atom is -0.508 e. The summed E-state index contributed by atoms with van der Waals surface area (Å²) in [5, 5.41) is 9.91. The third kappa shape index (κ3) is 1.46. The van der Waals surface area contributed by atoms with Gasteiger partial charge in [0.05, 0.1) is 4.47 Å². The number of hydrogen-bond donors (Lipinski definition) is 1. The quantitative estimate of drug-likeness (QED) is 0.759. The molecule has 1 aromatic heterocycles. The number of rotatable bonds is 0. The van der Waals surface area contributed by atoms with Crippen molar-refractivity contribution in [2.45, 2.75) is 0 Å². The molecule has 0 radical (unpaired) electrons. The Kier molecular flexibility index (Phi) is 2.36. The van der Waals surface area contributed by atoms with Crippen LogP contribution in [0, 0.1) is 0 Å². The van der Waals surface area contributed by atoms with Gasteiger partial charge in [0.15, 0.2) is 0 Å². The predicted molar refractivity (Wildman–Crippen MR) is 59.5 cm³/mol. The van der Waals surface area contributed by atoms with Crippen molar-refractivity contribution in [1.29, 1.82) is 0 Å². The van der Waals surface area contributed by atoms with Crippen molar-refractivity contribution in [2.24, 2.45) is 0 Å².